The van der Waals surface area contributed by atoms with Crippen LogP contribution in [0.15, 0.2) is 18.2 Å². The van der Waals surface area contributed by atoms with Crippen LogP contribution in [0, 0.1) is 5.82 Å². The summed E-state index contributed by atoms with van der Waals surface area (Å²) in [6.45, 7) is 3.90. The van der Waals surface area contributed by atoms with E-state index in [9.17, 15) is 14.0 Å². The number of carbonyl (C=O) groups is 2. The molecule has 96 valence electrons. The molecule has 3 nitrogen and oxygen atoms in total. The van der Waals surface area contributed by atoms with E-state index in [2.05, 4.69) is 0 Å². The van der Waals surface area contributed by atoms with E-state index in [0.717, 1.165) is 5.56 Å². The Balaban J connectivity index is 2.33. The van der Waals surface area contributed by atoms with Gasteiger partial charge < -0.3 is 4.74 Å². The monoisotopic (exact) mass is 250 g/mol. The van der Waals surface area contributed by atoms with Gasteiger partial charge in [0.1, 0.15) is 5.82 Å². The molecule has 0 bridgehead atoms. The SMILES string of the molecule is CCOC(=O)CC1(C)CC(=O)c2cc(F)ccc21. The van der Waals surface area contributed by atoms with Gasteiger partial charge in [-0.15, -0.1) is 0 Å². The molecule has 4 heteroatoms. The van der Waals surface area contributed by atoms with Crippen LogP contribution in [0.1, 0.15) is 42.6 Å². The van der Waals surface area contributed by atoms with Gasteiger partial charge in [0.25, 0.3) is 0 Å². The number of ether oxygens (including phenoxy) is 1. The fraction of sp³-hybridized carbons (Fsp3) is 0.429. The van der Waals surface area contributed by atoms with Crippen LogP contribution in [0.5, 0.6) is 0 Å². The van der Waals surface area contributed by atoms with E-state index in [-0.39, 0.29) is 24.6 Å². The molecule has 1 atom stereocenters. The summed E-state index contributed by atoms with van der Waals surface area (Å²) in [4.78, 5) is 23.4. The first kappa shape index (κ1) is 12.7. The van der Waals surface area contributed by atoms with Crippen molar-refractivity contribution >= 4 is 11.8 Å². The molecule has 0 amide bonds. The normalized spacial score (nSPS) is 21.8. The Hall–Kier alpha value is -1.71. The third kappa shape index (κ3) is 2.15. The maximum absolute atomic E-state index is 13.1. The van der Waals surface area contributed by atoms with Gasteiger partial charge in [-0.3, -0.25) is 9.59 Å². The quantitative estimate of drug-likeness (QED) is 0.774. The van der Waals surface area contributed by atoms with Crippen molar-refractivity contribution < 1.29 is 18.7 Å². The van der Waals surface area contributed by atoms with Gasteiger partial charge in [0.05, 0.1) is 13.0 Å². The highest BCUT2D eigenvalue weighted by atomic mass is 19.1. The van der Waals surface area contributed by atoms with Gasteiger partial charge >= 0.3 is 5.97 Å². The lowest BCUT2D eigenvalue weighted by atomic mass is 9.81. The smallest absolute Gasteiger partial charge is 0.306 e. The summed E-state index contributed by atoms with van der Waals surface area (Å²) in [5.41, 5.74) is 0.551. The van der Waals surface area contributed by atoms with Crippen LogP contribution in [0.4, 0.5) is 4.39 Å². The number of hydrogen-bond acceptors (Lipinski definition) is 3. The molecule has 0 heterocycles. The second-order valence-electron chi connectivity index (χ2n) is 4.83. The molecule has 18 heavy (non-hydrogen) atoms. The van der Waals surface area contributed by atoms with Crippen LogP contribution in [0.2, 0.25) is 0 Å². The van der Waals surface area contributed by atoms with Crippen molar-refractivity contribution in [1.29, 1.82) is 0 Å². The van der Waals surface area contributed by atoms with Gasteiger partial charge in [0, 0.05) is 17.4 Å². The molecule has 0 aromatic heterocycles. The minimum atomic E-state index is -0.577. The maximum atomic E-state index is 13.1. The van der Waals surface area contributed by atoms with Crippen LogP contribution in [-0.4, -0.2) is 18.4 Å². The van der Waals surface area contributed by atoms with E-state index in [0.29, 0.717) is 12.2 Å². The summed E-state index contributed by atoms with van der Waals surface area (Å²) >= 11 is 0. The van der Waals surface area contributed by atoms with Crippen molar-refractivity contribution in [2.24, 2.45) is 0 Å². The zero-order valence-corrected chi connectivity index (χ0v) is 10.5. The molecule has 1 aromatic carbocycles. The van der Waals surface area contributed by atoms with Gasteiger partial charge in [-0.05, 0) is 24.6 Å². The number of esters is 1. The minimum absolute atomic E-state index is 0.115. The van der Waals surface area contributed by atoms with Crippen LogP contribution >= 0.6 is 0 Å². The van der Waals surface area contributed by atoms with Gasteiger partial charge in [0.15, 0.2) is 5.78 Å². The Morgan fingerprint density at radius 1 is 1.50 bits per heavy atom. The Labute approximate surface area is 105 Å². The number of carbonyl (C=O) groups excluding carboxylic acids is 2. The van der Waals surface area contributed by atoms with E-state index >= 15 is 0 Å². The van der Waals surface area contributed by atoms with Gasteiger partial charge in [-0.2, -0.15) is 0 Å². The first-order valence-corrected chi connectivity index (χ1v) is 5.95. The van der Waals surface area contributed by atoms with E-state index in [1.54, 1.807) is 13.0 Å². The molecule has 0 fully saturated rings. The summed E-state index contributed by atoms with van der Waals surface area (Å²) in [6.07, 6.45) is 0.371. The number of Topliss-reactive ketones (excluding diaryl/α,β-unsaturated/α-hetero) is 1. The lowest BCUT2D eigenvalue weighted by Gasteiger charge is -2.23. The third-order valence-electron chi connectivity index (χ3n) is 3.32. The van der Waals surface area contributed by atoms with Gasteiger partial charge in [0.2, 0.25) is 0 Å². The molecule has 0 radical (unpaired) electrons. The van der Waals surface area contributed by atoms with Crippen molar-refractivity contribution in [3.8, 4) is 0 Å². The van der Waals surface area contributed by atoms with Gasteiger partial charge in [-0.25, -0.2) is 4.39 Å². The molecule has 1 unspecified atom stereocenters. The molecule has 1 aliphatic carbocycles. The molecule has 0 N–H and O–H groups in total. The Kier molecular flexibility index (Phi) is 3.20. The fourth-order valence-corrected chi connectivity index (χ4v) is 2.51. The number of benzene rings is 1. The molecule has 0 spiro atoms. The summed E-state index contributed by atoms with van der Waals surface area (Å²) in [5.74, 6) is -0.872. The van der Waals surface area contributed by atoms with E-state index < -0.39 is 11.2 Å². The number of halogens is 1. The van der Waals surface area contributed by atoms with Crippen molar-refractivity contribution in [1.82, 2.24) is 0 Å². The molecule has 1 aliphatic rings. The van der Waals surface area contributed by atoms with E-state index in [1.807, 2.05) is 6.92 Å². The standard InChI is InChI=1S/C14H15FO3/c1-3-18-13(17)8-14(2)7-12(16)10-6-9(15)4-5-11(10)14/h4-6H,3,7-8H2,1-2H3. The van der Waals surface area contributed by atoms with Crippen LogP contribution in [0.25, 0.3) is 0 Å². The number of fused-ring (bicyclic) bond motifs is 1. The molecular formula is C14H15FO3. The molecular weight excluding hydrogens is 235 g/mol. The average molecular weight is 250 g/mol. The summed E-state index contributed by atoms with van der Waals surface area (Å²) in [6, 6.07) is 4.16. The second-order valence-corrected chi connectivity index (χ2v) is 4.83. The predicted octanol–water partition coefficient (Wildman–Crippen LogP) is 2.62. The highest BCUT2D eigenvalue weighted by Gasteiger charge is 2.41. The maximum Gasteiger partial charge on any atom is 0.306 e. The lowest BCUT2D eigenvalue weighted by molar-refractivity contribution is -0.144. The molecule has 2 rings (SSSR count). The first-order valence-electron chi connectivity index (χ1n) is 5.95. The fourth-order valence-electron chi connectivity index (χ4n) is 2.51. The Morgan fingerprint density at radius 2 is 2.22 bits per heavy atom. The molecule has 1 aromatic rings. The van der Waals surface area contributed by atoms with Crippen molar-refractivity contribution in [2.45, 2.75) is 32.1 Å². The summed E-state index contributed by atoms with van der Waals surface area (Å²) in [7, 11) is 0. The second kappa shape index (κ2) is 4.52. The third-order valence-corrected chi connectivity index (χ3v) is 3.32. The number of rotatable bonds is 3. The van der Waals surface area contributed by atoms with E-state index in [1.165, 1.54) is 12.1 Å². The largest absolute Gasteiger partial charge is 0.466 e. The zero-order chi connectivity index (χ0) is 13.3. The molecule has 0 aliphatic heterocycles. The number of hydrogen-bond donors (Lipinski definition) is 0. The van der Waals surface area contributed by atoms with Gasteiger partial charge in [-0.1, -0.05) is 13.0 Å². The minimum Gasteiger partial charge on any atom is -0.466 e. The Morgan fingerprint density at radius 3 is 2.89 bits per heavy atom. The van der Waals surface area contributed by atoms with Crippen LogP contribution in [0.3, 0.4) is 0 Å². The first-order chi connectivity index (χ1) is 8.46. The topological polar surface area (TPSA) is 43.4 Å². The molecule has 0 saturated heterocycles. The molecule has 0 saturated carbocycles. The lowest BCUT2D eigenvalue weighted by Crippen LogP contribution is -2.24. The van der Waals surface area contributed by atoms with Crippen molar-refractivity contribution in [3.63, 3.8) is 0 Å². The highest BCUT2D eigenvalue weighted by molar-refractivity contribution is 6.02. The average Bonchev–Trinajstić information content (AvgIpc) is 2.50. The zero-order valence-electron chi connectivity index (χ0n) is 10.5. The van der Waals surface area contributed by atoms with Crippen molar-refractivity contribution in [2.75, 3.05) is 6.61 Å². The van der Waals surface area contributed by atoms with E-state index in [4.69, 9.17) is 4.74 Å². The van der Waals surface area contributed by atoms with Crippen molar-refractivity contribution in [3.05, 3.63) is 35.1 Å². The highest BCUT2D eigenvalue weighted by Crippen LogP contribution is 2.41. The Bertz CT molecular complexity index is 510. The predicted molar refractivity (Wildman–Crippen MR) is 63.9 cm³/mol. The van der Waals surface area contributed by atoms with Crippen LogP contribution < -0.4 is 0 Å². The summed E-state index contributed by atoms with van der Waals surface area (Å²) < 4.78 is 18.0. The number of ketones is 1. The van der Waals surface area contributed by atoms with Crippen LogP contribution in [-0.2, 0) is 14.9 Å². The summed E-state index contributed by atoms with van der Waals surface area (Å²) in [5, 5.41) is 0.